The van der Waals surface area contributed by atoms with Crippen molar-refractivity contribution in [2.24, 2.45) is 5.92 Å². The van der Waals surface area contributed by atoms with Gasteiger partial charge in [-0.25, -0.2) is 0 Å². The predicted molar refractivity (Wildman–Crippen MR) is 130 cm³/mol. The molecule has 2 aliphatic heterocycles. The molecule has 2 aromatic carbocycles. The van der Waals surface area contributed by atoms with Gasteiger partial charge in [-0.3, -0.25) is 9.59 Å². The van der Waals surface area contributed by atoms with Gasteiger partial charge < -0.3 is 24.8 Å². The van der Waals surface area contributed by atoms with Gasteiger partial charge in [0.1, 0.15) is 5.75 Å². The van der Waals surface area contributed by atoms with Gasteiger partial charge in [-0.15, -0.1) is 0 Å². The summed E-state index contributed by atoms with van der Waals surface area (Å²) >= 11 is 0. The van der Waals surface area contributed by atoms with Crippen LogP contribution in [-0.2, 0) is 4.79 Å². The Morgan fingerprint density at radius 1 is 0.879 bits per heavy atom. The van der Waals surface area contributed by atoms with Gasteiger partial charge in [-0.05, 0) is 56.0 Å². The van der Waals surface area contributed by atoms with Crippen molar-refractivity contribution < 1.29 is 14.3 Å². The minimum Gasteiger partial charge on any atom is -0.495 e. The molecule has 2 aromatic rings. The van der Waals surface area contributed by atoms with E-state index in [0.29, 0.717) is 11.3 Å². The number of carbonyl (C=O) groups is 2. The van der Waals surface area contributed by atoms with E-state index in [1.54, 1.807) is 7.11 Å². The van der Waals surface area contributed by atoms with Gasteiger partial charge in [0.05, 0.1) is 18.4 Å². The van der Waals surface area contributed by atoms with Crippen LogP contribution in [0.5, 0.6) is 5.75 Å². The van der Waals surface area contributed by atoms with Gasteiger partial charge >= 0.3 is 0 Å². The predicted octanol–water partition coefficient (Wildman–Crippen LogP) is 3.61. The monoisotopic (exact) mass is 448 g/mol. The Hall–Kier alpha value is -3.22. The normalized spacial score (nSPS) is 18.4. The van der Waals surface area contributed by atoms with Crippen molar-refractivity contribution in [3.63, 3.8) is 0 Å². The molecule has 2 amide bonds. The maximum absolute atomic E-state index is 13.4. The zero-order chi connectivity index (χ0) is 22.8. The van der Waals surface area contributed by atoms with Gasteiger partial charge in [-0.1, -0.05) is 12.1 Å². The number of para-hydroxylation sites is 2. The molecule has 7 nitrogen and oxygen atoms in total. The van der Waals surface area contributed by atoms with E-state index in [0.717, 1.165) is 82.1 Å². The van der Waals surface area contributed by atoms with Crippen molar-refractivity contribution in [1.29, 1.82) is 0 Å². The highest BCUT2D eigenvalue weighted by atomic mass is 16.5. The summed E-state index contributed by atoms with van der Waals surface area (Å²) in [6.45, 7) is 4.92. The number of nitrogens with one attached hydrogen (secondary N) is 1. The highest BCUT2D eigenvalue weighted by molar-refractivity contribution is 6.02. The average molecular weight is 449 g/mol. The zero-order valence-corrected chi connectivity index (χ0v) is 19.3. The van der Waals surface area contributed by atoms with E-state index in [1.807, 2.05) is 41.3 Å². The van der Waals surface area contributed by atoms with Crippen molar-refractivity contribution >= 4 is 28.9 Å². The Labute approximate surface area is 195 Å². The number of ether oxygens (including phenoxy) is 1. The fourth-order valence-corrected chi connectivity index (χ4v) is 4.82. The number of benzene rings is 2. The molecule has 33 heavy (non-hydrogen) atoms. The van der Waals surface area contributed by atoms with E-state index < -0.39 is 0 Å². The summed E-state index contributed by atoms with van der Waals surface area (Å²) < 4.78 is 5.54. The molecule has 7 heteroatoms. The Morgan fingerprint density at radius 2 is 1.55 bits per heavy atom. The lowest BCUT2D eigenvalue weighted by Crippen LogP contribution is -2.47. The highest BCUT2D eigenvalue weighted by Crippen LogP contribution is 2.33. The number of carbonyl (C=O) groups excluding carboxylic acids is 2. The fraction of sp³-hybridized carbons (Fsp3) is 0.462. The van der Waals surface area contributed by atoms with Crippen LogP contribution in [0.4, 0.5) is 17.1 Å². The van der Waals surface area contributed by atoms with Gasteiger partial charge in [0, 0.05) is 56.6 Å². The molecular formula is C26H32N4O3. The van der Waals surface area contributed by atoms with Crippen LogP contribution in [0.1, 0.15) is 36.0 Å². The van der Waals surface area contributed by atoms with Crippen LogP contribution in [-0.4, -0.2) is 63.1 Å². The molecule has 1 N–H and O–H groups in total. The number of rotatable bonds is 6. The summed E-state index contributed by atoms with van der Waals surface area (Å²) in [5.74, 6) is 1.14. The number of hydrogen-bond acceptors (Lipinski definition) is 5. The number of anilines is 3. The third kappa shape index (κ3) is 4.63. The van der Waals surface area contributed by atoms with Gasteiger partial charge in [0.25, 0.3) is 5.91 Å². The van der Waals surface area contributed by atoms with Gasteiger partial charge in [0.15, 0.2) is 0 Å². The van der Waals surface area contributed by atoms with Crippen LogP contribution < -0.4 is 19.9 Å². The molecule has 3 fully saturated rings. The Morgan fingerprint density at radius 3 is 2.21 bits per heavy atom. The first kappa shape index (κ1) is 21.6. The minimum absolute atomic E-state index is 0.0627. The number of methoxy groups -OCH3 is 1. The largest absolute Gasteiger partial charge is 0.495 e. The number of amides is 2. The fourth-order valence-electron chi connectivity index (χ4n) is 4.82. The van der Waals surface area contributed by atoms with Gasteiger partial charge in [-0.2, -0.15) is 0 Å². The third-order valence-corrected chi connectivity index (χ3v) is 6.88. The van der Waals surface area contributed by atoms with Gasteiger partial charge in [0.2, 0.25) is 5.91 Å². The summed E-state index contributed by atoms with van der Waals surface area (Å²) in [5.41, 5.74) is 3.46. The van der Waals surface area contributed by atoms with E-state index in [-0.39, 0.29) is 17.7 Å². The lowest BCUT2D eigenvalue weighted by atomic mass is 10.1. The van der Waals surface area contributed by atoms with E-state index in [2.05, 4.69) is 21.2 Å². The van der Waals surface area contributed by atoms with Crippen LogP contribution in [0.25, 0.3) is 0 Å². The maximum atomic E-state index is 13.4. The summed E-state index contributed by atoms with van der Waals surface area (Å²) in [7, 11) is 1.70. The van der Waals surface area contributed by atoms with Crippen molar-refractivity contribution in [3.05, 3.63) is 48.0 Å². The van der Waals surface area contributed by atoms with E-state index in [1.165, 1.54) is 0 Å². The second-order valence-electron chi connectivity index (χ2n) is 9.14. The Kier molecular flexibility index (Phi) is 6.11. The average Bonchev–Trinajstić information content (AvgIpc) is 3.58. The minimum atomic E-state index is 0.0627. The first-order valence-electron chi connectivity index (χ1n) is 12.0. The molecular weight excluding hydrogens is 416 g/mol. The number of nitrogens with zero attached hydrogens (tertiary/aromatic N) is 3. The Balaban J connectivity index is 1.36. The molecule has 0 spiro atoms. The number of likely N-dealkylation sites (tertiary alicyclic amines) is 1. The molecule has 0 bridgehead atoms. The number of hydrogen-bond donors (Lipinski definition) is 1. The molecule has 0 unspecified atom stereocenters. The quantitative estimate of drug-likeness (QED) is 0.732. The van der Waals surface area contributed by atoms with Crippen LogP contribution in [0.3, 0.4) is 0 Å². The topological polar surface area (TPSA) is 65.1 Å². The second-order valence-corrected chi connectivity index (χ2v) is 9.14. The number of piperazine rings is 1. The van der Waals surface area contributed by atoms with E-state index >= 15 is 0 Å². The first-order valence-corrected chi connectivity index (χ1v) is 12.0. The molecule has 1 aliphatic carbocycles. The van der Waals surface area contributed by atoms with Crippen molar-refractivity contribution in [2.75, 3.05) is 61.5 Å². The molecule has 2 heterocycles. The zero-order valence-electron chi connectivity index (χ0n) is 19.3. The lowest BCUT2D eigenvalue weighted by molar-refractivity contribution is -0.117. The summed E-state index contributed by atoms with van der Waals surface area (Å²) in [5, 5.41) is 3.01. The molecule has 0 atom stereocenters. The molecule has 0 radical (unpaired) electrons. The standard InChI is InChI=1S/C26H32N4O3/c1-33-24-7-3-2-6-23(24)29-16-14-28(15-17-29)22-11-10-20(27-25(31)19-8-9-19)18-21(22)26(32)30-12-4-5-13-30/h2-3,6-7,10-11,18-19H,4-5,8-9,12-17H2,1H3,(H,27,31). The van der Waals surface area contributed by atoms with Crippen molar-refractivity contribution in [1.82, 2.24) is 4.90 Å². The summed E-state index contributed by atoms with van der Waals surface area (Å²) in [4.78, 5) is 32.3. The first-order chi connectivity index (χ1) is 16.1. The third-order valence-electron chi connectivity index (χ3n) is 6.88. The molecule has 2 saturated heterocycles. The molecule has 5 rings (SSSR count). The van der Waals surface area contributed by atoms with Crippen LogP contribution in [0, 0.1) is 5.92 Å². The highest BCUT2D eigenvalue weighted by Gasteiger charge is 2.31. The van der Waals surface area contributed by atoms with Crippen LogP contribution >= 0.6 is 0 Å². The van der Waals surface area contributed by atoms with E-state index in [4.69, 9.17) is 4.74 Å². The lowest BCUT2D eigenvalue weighted by Gasteiger charge is -2.38. The SMILES string of the molecule is COc1ccccc1N1CCN(c2ccc(NC(=O)C3CC3)cc2C(=O)N2CCCC2)CC1. The summed E-state index contributed by atoms with van der Waals surface area (Å²) in [6, 6.07) is 13.9. The molecule has 174 valence electrons. The van der Waals surface area contributed by atoms with Crippen molar-refractivity contribution in [3.8, 4) is 5.75 Å². The smallest absolute Gasteiger partial charge is 0.256 e. The Bertz CT molecular complexity index is 1020. The second kappa shape index (κ2) is 9.33. The van der Waals surface area contributed by atoms with Crippen molar-refractivity contribution in [2.45, 2.75) is 25.7 Å². The molecule has 1 saturated carbocycles. The van der Waals surface area contributed by atoms with Crippen LogP contribution in [0.15, 0.2) is 42.5 Å². The van der Waals surface area contributed by atoms with Crippen LogP contribution in [0.2, 0.25) is 0 Å². The summed E-state index contributed by atoms with van der Waals surface area (Å²) in [6.07, 6.45) is 4.02. The molecule has 3 aliphatic rings. The van der Waals surface area contributed by atoms with E-state index in [9.17, 15) is 9.59 Å². The molecule has 0 aromatic heterocycles. The maximum Gasteiger partial charge on any atom is 0.256 e.